The highest BCUT2D eigenvalue weighted by Gasteiger charge is 2.31. The maximum atomic E-state index is 13.6. The van der Waals surface area contributed by atoms with E-state index in [0.29, 0.717) is 25.2 Å². The molecule has 0 saturated carbocycles. The van der Waals surface area contributed by atoms with E-state index >= 15 is 0 Å². The Morgan fingerprint density at radius 3 is 2.48 bits per heavy atom. The Morgan fingerprint density at radius 2 is 1.90 bits per heavy atom. The molecule has 1 atom stereocenters. The lowest BCUT2D eigenvalue weighted by Crippen LogP contribution is -2.39. The fraction of sp³-hybridized carbons (Fsp3) is 0.500. The summed E-state index contributed by atoms with van der Waals surface area (Å²) in [6.07, 6.45) is -2.72. The van der Waals surface area contributed by atoms with Gasteiger partial charge < -0.3 is 10.2 Å². The molecule has 0 bridgehead atoms. The van der Waals surface area contributed by atoms with E-state index in [2.05, 4.69) is 5.32 Å². The molecule has 1 aromatic carbocycles. The van der Waals surface area contributed by atoms with Crippen LogP contribution in [0.1, 0.15) is 25.3 Å². The fourth-order valence-corrected chi connectivity index (χ4v) is 2.32. The van der Waals surface area contributed by atoms with Crippen LogP contribution < -0.4 is 5.32 Å². The van der Waals surface area contributed by atoms with Crippen molar-refractivity contribution < 1.29 is 22.4 Å². The summed E-state index contributed by atoms with van der Waals surface area (Å²) in [6.45, 7) is 2.78. The topological polar surface area (TPSA) is 32.3 Å². The summed E-state index contributed by atoms with van der Waals surface area (Å²) < 4.78 is 51.5. The third-order valence-electron chi connectivity index (χ3n) is 3.45. The first-order valence-electron chi connectivity index (χ1n) is 6.71. The molecular weight excluding hydrogens is 288 g/mol. The maximum Gasteiger partial charge on any atom is 0.416 e. The number of rotatable bonds is 3. The fourth-order valence-electron chi connectivity index (χ4n) is 2.32. The van der Waals surface area contributed by atoms with Crippen LogP contribution in [0.3, 0.4) is 0 Å². The van der Waals surface area contributed by atoms with Gasteiger partial charge in [-0.05, 0) is 38.0 Å². The van der Waals surface area contributed by atoms with Gasteiger partial charge in [-0.3, -0.25) is 4.79 Å². The average Bonchev–Trinajstić information content (AvgIpc) is 2.92. The second kappa shape index (κ2) is 5.91. The standard InChI is InChI=1S/C14H16F4N2O/c1-9(13(21)20-6-2-3-7-20)19-12-8-10(14(16,17)18)4-5-11(12)15/h4-5,8-9,19H,2-3,6-7H2,1H3. The largest absolute Gasteiger partial charge is 0.416 e. The molecule has 21 heavy (non-hydrogen) atoms. The van der Waals surface area contributed by atoms with Crippen LogP contribution >= 0.6 is 0 Å². The number of nitrogens with zero attached hydrogens (tertiary/aromatic N) is 1. The molecule has 1 unspecified atom stereocenters. The summed E-state index contributed by atoms with van der Waals surface area (Å²) >= 11 is 0. The third-order valence-corrected chi connectivity index (χ3v) is 3.45. The lowest BCUT2D eigenvalue weighted by atomic mass is 10.1. The molecular formula is C14H16F4N2O. The van der Waals surface area contributed by atoms with Gasteiger partial charge >= 0.3 is 6.18 Å². The van der Waals surface area contributed by atoms with Crippen LogP contribution in [0.25, 0.3) is 0 Å². The normalized spacial score (nSPS) is 16.9. The first-order valence-corrected chi connectivity index (χ1v) is 6.71. The van der Waals surface area contributed by atoms with E-state index in [9.17, 15) is 22.4 Å². The molecule has 1 heterocycles. The van der Waals surface area contributed by atoms with Crippen molar-refractivity contribution in [1.29, 1.82) is 0 Å². The molecule has 0 aromatic heterocycles. The zero-order valence-corrected chi connectivity index (χ0v) is 11.5. The van der Waals surface area contributed by atoms with Gasteiger partial charge in [-0.1, -0.05) is 0 Å². The molecule has 116 valence electrons. The van der Waals surface area contributed by atoms with Crippen molar-refractivity contribution in [3.8, 4) is 0 Å². The molecule has 1 aromatic rings. The minimum atomic E-state index is -4.55. The first-order chi connectivity index (χ1) is 9.79. The summed E-state index contributed by atoms with van der Waals surface area (Å²) in [5.74, 6) is -1.05. The number of hydrogen-bond acceptors (Lipinski definition) is 2. The van der Waals surface area contributed by atoms with Crippen LogP contribution in [0.5, 0.6) is 0 Å². The Hall–Kier alpha value is -1.79. The zero-order valence-electron chi connectivity index (χ0n) is 11.5. The number of carbonyl (C=O) groups excluding carboxylic acids is 1. The van der Waals surface area contributed by atoms with Gasteiger partial charge in [0.1, 0.15) is 11.9 Å². The van der Waals surface area contributed by atoms with Gasteiger partial charge in [0.05, 0.1) is 11.3 Å². The van der Waals surface area contributed by atoms with E-state index in [1.807, 2.05) is 0 Å². The highest BCUT2D eigenvalue weighted by atomic mass is 19.4. The summed E-state index contributed by atoms with van der Waals surface area (Å²) in [6, 6.07) is 1.33. The predicted molar refractivity (Wildman–Crippen MR) is 70.3 cm³/mol. The molecule has 0 aliphatic carbocycles. The average molecular weight is 304 g/mol. The van der Waals surface area contributed by atoms with Gasteiger partial charge in [0.15, 0.2) is 0 Å². The van der Waals surface area contributed by atoms with Crippen molar-refractivity contribution in [3.05, 3.63) is 29.6 Å². The molecule has 1 N–H and O–H groups in total. The Balaban J connectivity index is 2.12. The van der Waals surface area contributed by atoms with E-state index in [1.54, 1.807) is 4.90 Å². The van der Waals surface area contributed by atoms with Crippen molar-refractivity contribution in [3.63, 3.8) is 0 Å². The molecule has 0 spiro atoms. The summed E-state index contributed by atoms with van der Waals surface area (Å²) in [5.41, 5.74) is -1.27. The minimum Gasteiger partial charge on any atom is -0.372 e. The third kappa shape index (κ3) is 3.65. The zero-order chi connectivity index (χ0) is 15.6. The Bertz CT molecular complexity index is 524. The second-order valence-electron chi connectivity index (χ2n) is 5.09. The van der Waals surface area contributed by atoms with Crippen LogP contribution in [-0.4, -0.2) is 29.9 Å². The van der Waals surface area contributed by atoms with Crippen molar-refractivity contribution in [1.82, 2.24) is 4.90 Å². The van der Waals surface area contributed by atoms with Crippen LogP contribution in [-0.2, 0) is 11.0 Å². The SMILES string of the molecule is CC(Nc1cc(C(F)(F)F)ccc1F)C(=O)N1CCCC1. The monoisotopic (exact) mass is 304 g/mol. The van der Waals surface area contributed by atoms with Gasteiger partial charge in [0, 0.05) is 13.1 Å². The van der Waals surface area contributed by atoms with E-state index in [1.165, 1.54) is 6.92 Å². The van der Waals surface area contributed by atoms with Crippen molar-refractivity contribution >= 4 is 11.6 Å². The van der Waals surface area contributed by atoms with Crippen molar-refractivity contribution in [2.75, 3.05) is 18.4 Å². The van der Waals surface area contributed by atoms with Gasteiger partial charge in [0.2, 0.25) is 5.91 Å². The van der Waals surface area contributed by atoms with Crippen LogP contribution in [0.15, 0.2) is 18.2 Å². The minimum absolute atomic E-state index is 0.232. The Morgan fingerprint density at radius 1 is 1.29 bits per heavy atom. The number of likely N-dealkylation sites (tertiary alicyclic amines) is 1. The predicted octanol–water partition coefficient (Wildman–Crippen LogP) is 3.27. The molecule has 0 radical (unpaired) electrons. The van der Waals surface area contributed by atoms with Crippen molar-refractivity contribution in [2.45, 2.75) is 32.0 Å². The van der Waals surface area contributed by atoms with Gasteiger partial charge in [-0.2, -0.15) is 13.2 Å². The van der Waals surface area contributed by atoms with Gasteiger partial charge in [0.25, 0.3) is 0 Å². The molecule has 7 heteroatoms. The number of halogens is 4. The molecule has 1 saturated heterocycles. The second-order valence-corrected chi connectivity index (χ2v) is 5.09. The summed E-state index contributed by atoms with van der Waals surface area (Å²) in [4.78, 5) is 13.7. The van der Waals surface area contributed by atoms with Crippen LogP contribution in [0, 0.1) is 5.82 Å². The number of anilines is 1. The number of alkyl halides is 3. The Labute approximate surface area is 119 Å². The maximum absolute atomic E-state index is 13.6. The van der Waals surface area contributed by atoms with Gasteiger partial charge in [-0.15, -0.1) is 0 Å². The highest BCUT2D eigenvalue weighted by molar-refractivity contribution is 5.84. The number of amides is 1. The lowest BCUT2D eigenvalue weighted by Gasteiger charge is -2.22. The molecule has 3 nitrogen and oxygen atoms in total. The molecule has 2 rings (SSSR count). The van der Waals surface area contributed by atoms with E-state index in [0.717, 1.165) is 18.9 Å². The molecule has 1 aliphatic heterocycles. The highest BCUT2D eigenvalue weighted by Crippen LogP contribution is 2.32. The van der Waals surface area contributed by atoms with Crippen molar-refractivity contribution in [2.24, 2.45) is 0 Å². The Kier molecular flexibility index (Phi) is 4.39. The molecule has 1 fully saturated rings. The summed E-state index contributed by atoms with van der Waals surface area (Å²) in [5, 5.41) is 2.53. The summed E-state index contributed by atoms with van der Waals surface area (Å²) in [7, 11) is 0. The molecule has 1 aliphatic rings. The first kappa shape index (κ1) is 15.6. The molecule has 1 amide bonds. The smallest absolute Gasteiger partial charge is 0.372 e. The van der Waals surface area contributed by atoms with E-state index < -0.39 is 23.6 Å². The van der Waals surface area contributed by atoms with Crippen LogP contribution in [0.2, 0.25) is 0 Å². The number of hydrogen-bond donors (Lipinski definition) is 1. The van der Waals surface area contributed by atoms with E-state index in [-0.39, 0.29) is 11.6 Å². The number of carbonyl (C=O) groups is 1. The van der Waals surface area contributed by atoms with Gasteiger partial charge in [-0.25, -0.2) is 4.39 Å². The quantitative estimate of drug-likeness (QED) is 0.869. The number of benzene rings is 1. The van der Waals surface area contributed by atoms with E-state index in [4.69, 9.17) is 0 Å². The van der Waals surface area contributed by atoms with Crippen LogP contribution in [0.4, 0.5) is 23.2 Å². The lowest BCUT2D eigenvalue weighted by molar-refractivity contribution is -0.137. The number of nitrogens with one attached hydrogen (secondary N) is 1.